The maximum absolute atomic E-state index is 11.8. The fourth-order valence-corrected chi connectivity index (χ4v) is 1.87. The lowest BCUT2D eigenvalue weighted by atomic mass is 10.1. The maximum Gasteiger partial charge on any atom is 0.315 e. The van der Waals surface area contributed by atoms with Crippen molar-refractivity contribution in [2.24, 2.45) is 0 Å². The van der Waals surface area contributed by atoms with Crippen molar-refractivity contribution in [2.45, 2.75) is 45.7 Å². The van der Waals surface area contributed by atoms with E-state index in [-0.39, 0.29) is 24.7 Å². The zero-order valence-corrected chi connectivity index (χ0v) is 11.9. The van der Waals surface area contributed by atoms with Gasteiger partial charge in [0, 0.05) is 12.6 Å². The molecule has 106 valence electrons. The fraction of sp³-hybridized carbons (Fsp3) is 0.533. The van der Waals surface area contributed by atoms with Crippen LogP contribution in [0.1, 0.15) is 43.9 Å². The third-order valence-electron chi connectivity index (χ3n) is 3.10. The highest BCUT2D eigenvalue weighted by molar-refractivity contribution is 5.74. The second-order valence-corrected chi connectivity index (χ2v) is 5.02. The second kappa shape index (κ2) is 7.79. The van der Waals surface area contributed by atoms with Crippen LogP contribution < -0.4 is 10.6 Å². The Kier molecular flexibility index (Phi) is 6.36. The van der Waals surface area contributed by atoms with Gasteiger partial charge in [-0.05, 0) is 39.2 Å². The molecule has 0 aliphatic carbocycles. The van der Waals surface area contributed by atoms with Crippen LogP contribution in [0.25, 0.3) is 0 Å². The molecule has 0 aliphatic rings. The van der Waals surface area contributed by atoms with Crippen molar-refractivity contribution in [3.63, 3.8) is 0 Å². The first-order chi connectivity index (χ1) is 9.02. The van der Waals surface area contributed by atoms with E-state index in [1.165, 1.54) is 5.56 Å². The smallest absolute Gasteiger partial charge is 0.315 e. The molecule has 2 atom stereocenters. The Bertz CT molecular complexity index is 390. The molecule has 0 saturated carbocycles. The molecular formula is C15H24N2O2. The highest BCUT2D eigenvalue weighted by Crippen LogP contribution is 2.12. The van der Waals surface area contributed by atoms with Crippen molar-refractivity contribution < 1.29 is 9.90 Å². The number of hydrogen-bond acceptors (Lipinski definition) is 2. The first-order valence-electron chi connectivity index (χ1n) is 6.77. The number of nitrogens with one attached hydrogen (secondary N) is 2. The van der Waals surface area contributed by atoms with Crippen molar-refractivity contribution in [3.8, 4) is 0 Å². The molecule has 0 saturated heterocycles. The van der Waals surface area contributed by atoms with E-state index >= 15 is 0 Å². The van der Waals surface area contributed by atoms with Gasteiger partial charge in [-0.3, -0.25) is 0 Å². The van der Waals surface area contributed by atoms with Gasteiger partial charge in [0.2, 0.25) is 0 Å². The first kappa shape index (κ1) is 15.5. The molecule has 1 rings (SSSR count). The Balaban J connectivity index is 2.41. The summed E-state index contributed by atoms with van der Waals surface area (Å²) in [6.07, 6.45) is 1.48. The molecule has 2 unspecified atom stereocenters. The summed E-state index contributed by atoms with van der Waals surface area (Å²) >= 11 is 0. The molecule has 0 spiro atoms. The Hall–Kier alpha value is -1.55. The number of rotatable bonds is 6. The normalized spacial score (nSPS) is 13.7. The number of aryl methyl sites for hydroxylation is 1. The van der Waals surface area contributed by atoms with Crippen molar-refractivity contribution in [2.75, 3.05) is 6.61 Å². The van der Waals surface area contributed by atoms with Gasteiger partial charge in [0.15, 0.2) is 0 Å². The van der Waals surface area contributed by atoms with Crippen LogP contribution in [0.2, 0.25) is 0 Å². The molecule has 4 heteroatoms. The Labute approximate surface area is 115 Å². The minimum atomic E-state index is -0.168. The summed E-state index contributed by atoms with van der Waals surface area (Å²) in [4.78, 5) is 11.8. The zero-order valence-electron chi connectivity index (χ0n) is 11.9. The first-order valence-corrected chi connectivity index (χ1v) is 6.77. The van der Waals surface area contributed by atoms with Crippen LogP contribution in [0.15, 0.2) is 24.3 Å². The molecule has 19 heavy (non-hydrogen) atoms. The van der Waals surface area contributed by atoms with Crippen LogP contribution in [-0.2, 0) is 0 Å². The van der Waals surface area contributed by atoms with Gasteiger partial charge in [-0.15, -0.1) is 0 Å². The summed E-state index contributed by atoms with van der Waals surface area (Å²) in [5, 5.41) is 14.5. The molecule has 3 N–H and O–H groups in total. The molecule has 4 nitrogen and oxygen atoms in total. The van der Waals surface area contributed by atoms with E-state index in [0.29, 0.717) is 6.42 Å². The van der Waals surface area contributed by atoms with Crippen LogP contribution in [0.5, 0.6) is 0 Å². The van der Waals surface area contributed by atoms with E-state index in [2.05, 4.69) is 10.6 Å². The largest absolute Gasteiger partial charge is 0.396 e. The number of benzene rings is 1. The lowest BCUT2D eigenvalue weighted by Crippen LogP contribution is -2.41. The lowest BCUT2D eigenvalue weighted by molar-refractivity contribution is 0.231. The predicted octanol–water partition coefficient (Wildman–Crippen LogP) is 2.52. The molecule has 0 fully saturated rings. The van der Waals surface area contributed by atoms with Gasteiger partial charge < -0.3 is 15.7 Å². The highest BCUT2D eigenvalue weighted by Gasteiger charge is 2.11. The van der Waals surface area contributed by atoms with E-state index in [0.717, 1.165) is 12.0 Å². The van der Waals surface area contributed by atoms with E-state index in [1.807, 2.05) is 45.0 Å². The van der Waals surface area contributed by atoms with Crippen LogP contribution in [-0.4, -0.2) is 23.8 Å². The molecule has 1 aromatic carbocycles. The minimum Gasteiger partial charge on any atom is -0.396 e. The SMILES string of the molecule is Cc1ccc(C(C)NC(=O)NC(C)CCCO)cc1. The average Bonchev–Trinajstić information content (AvgIpc) is 2.36. The monoisotopic (exact) mass is 264 g/mol. The molecule has 0 heterocycles. The third-order valence-corrected chi connectivity index (χ3v) is 3.10. The van der Waals surface area contributed by atoms with E-state index < -0.39 is 0 Å². The Morgan fingerprint density at radius 2 is 1.84 bits per heavy atom. The van der Waals surface area contributed by atoms with Gasteiger partial charge in [-0.1, -0.05) is 29.8 Å². The zero-order chi connectivity index (χ0) is 14.3. The summed E-state index contributed by atoms with van der Waals surface area (Å²) in [6, 6.07) is 8.00. The Morgan fingerprint density at radius 1 is 1.21 bits per heavy atom. The number of carbonyl (C=O) groups excluding carboxylic acids is 1. The van der Waals surface area contributed by atoms with Crippen LogP contribution in [0.4, 0.5) is 4.79 Å². The van der Waals surface area contributed by atoms with Gasteiger partial charge >= 0.3 is 6.03 Å². The van der Waals surface area contributed by atoms with E-state index in [4.69, 9.17) is 5.11 Å². The molecule has 2 amide bonds. The number of aliphatic hydroxyl groups is 1. The van der Waals surface area contributed by atoms with Gasteiger partial charge in [-0.25, -0.2) is 4.79 Å². The maximum atomic E-state index is 11.8. The van der Waals surface area contributed by atoms with Crippen molar-refractivity contribution in [1.29, 1.82) is 0 Å². The van der Waals surface area contributed by atoms with Crippen LogP contribution >= 0.6 is 0 Å². The van der Waals surface area contributed by atoms with Crippen molar-refractivity contribution in [1.82, 2.24) is 10.6 Å². The van der Waals surface area contributed by atoms with Crippen LogP contribution in [0.3, 0.4) is 0 Å². The molecule has 0 bridgehead atoms. The molecule has 1 aromatic rings. The number of amides is 2. The highest BCUT2D eigenvalue weighted by atomic mass is 16.3. The van der Waals surface area contributed by atoms with Gasteiger partial charge in [0.1, 0.15) is 0 Å². The number of urea groups is 1. The average molecular weight is 264 g/mol. The van der Waals surface area contributed by atoms with Gasteiger partial charge in [0.05, 0.1) is 6.04 Å². The predicted molar refractivity (Wildman–Crippen MR) is 77.0 cm³/mol. The summed E-state index contributed by atoms with van der Waals surface area (Å²) in [6.45, 7) is 6.10. The molecule has 0 radical (unpaired) electrons. The summed E-state index contributed by atoms with van der Waals surface area (Å²) in [7, 11) is 0. The molecule has 0 aliphatic heterocycles. The van der Waals surface area contributed by atoms with Crippen LogP contribution in [0, 0.1) is 6.92 Å². The molecular weight excluding hydrogens is 240 g/mol. The van der Waals surface area contributed by atoms with E-state index in [1.54, 1.807) is 0 Å². The second-order valence-electron chi connectivity index (χ2n) is 5.02. The number of aliphatic hydroxyl groups excluding tert-OH is 1. The van der Waals surface area contributed by atoms with Crippen molar-refractivity contribution in [3.05, 3.63) is 35.4 Å². The summed E-state index contributed by atoms with van der Waals surface area (Å²) < 4.78 is 0. The minimum absolute atomic E-state index is 0.0226. The number of hydrogen-bond donors (Lipinski definition) is 3. The van der Waals surface area contributed by atoms with Gasteiger partial charge in [-0.2, -0.15) is 0 Å². The van der Waals surface area contributed by atoms with E-state index in [9.17, 15) is 4.79 Å². The Morgan fingerprint density at radius 3 is 2.42 bits per heavy atom. The topological polar surface area (TPSA) is 61.4 Å². The quantitative estimate of drug-likeness (QED) is 0.739. The summed E-state index contributed by atoms with van der Waals surface area (Å²) in [5.74, 6) is 0. The fourth-order valence-electron chi connectivity index (χ4n) is 1.87. The molecule has 0 aromatic heterocycles. The lowest BCUT2D eigenvalue weighted by Gasteiger charge is -2.18. The third kappa shape index (κ3) is 5.75. The standard InChI is InChI=1S/C15H24N2O2/c1-11-6-8-14(9-7-11)13(3)17-15(19)16-12(2)5-4-10-18/h6-9,12-13,18H,4-5,10H2,1-3H3,(H2,16,17,19). The van der Waals surface area contributed by atoms with Gasteiger partial charge in [0.25, 0.3) is 0 Å². The summed E-state index contributed by atoms with van der Waals surface area (Å²) in [5.41, 5.74) is 2.29. The number of carbonyl (C=O) groups is 1. The van der Waals surface area contributed by atoms with Crippen molar-refractivity contribution >= 4 is 6.03 Å².